The highest BCUT2D eigenvalue weighted by atomic mass is 16.2. The molecular weight excluding hydrogens is 312 g/mol. The Hall–Kier alpha value is -2.42. The van der Waals surface area contributed by atoms with Crippen LogP contribution in [0.25, 0.3) is 11.2 Å². The highest BCUT2D eigenvalue weighted by Gasteiger charge is 2.27. The third-order valence-electron chi connectivity index (χ3n) is 4.84. The summed E-state index contributed by atoms with van der Waals surface area (Å²) in [5.74, 6) is 0.123. The third kappa shape index (κ3) is 2.64. The lowest BCUT2D eigenvalue weighted by molar-refractivity contribution is -0.122. The minimum absolute atomic E-state index is 0.0161. The van der Waals surface area contributed by atoms with Gasteiger partial charge in [-0.3, -0.25) is 18.7 Å². The smallest absolute Gasteiger partial charge is 0.332 e. The highest BCUT2D eigenvalue weighted by Crippen LogP contribution is 2.24. The zero-order chi connectivity index (χ0) is 17.4. The summed E-state index contributed by atoms with van der Waals surface area (Å²) in [6.07, 6.45) is 4.43. The fourth-order valence-electron chi connectivity index (χ4n) is 3.43. The lowest BCUT2D eigenvalue weighted by Crippen LogP contribution is -2.42. The topological polar surface area (TPSA) is 117 Å². The molecule has 130 valence electrons. The fourth-order valence-corrected chi connectivity index (χ4v) is 3.43. The van der Waals surface area contributed by atoms with Crippen molar-refractivity contribution in [1.82, 2.24) is 24.0 Å². The molecule has 1 aliphatic carbocycles. The number of nitrogens with zero attached hydrogens (tertiary/aromatic N) is 4. The van der Waals surface area contributed by atoms with Crippen molar-refractivity contribution >= 4 is 17.1 Å². The van der Waals surface area contributed by atoms with Crippen molar-refractivity contribution in [3.05, 3.63) is 27.2 Å². The molecule has 9 nitrogen and oxygen atoms in total. The molecule has 1 aliphatic rings. The van der Waals surface area contributed by atoms with E-state index in [9.17, 15) is 14.4 Å². The molecule has 3 rings (SSSR count). The predicted octanol–water partition coefficient (Wildman–Crippen LogP) is -1.32. The molecule has 1 saturated carbocycles. The van der Waals surface area contributed by atoms with Gasteiger partial charge in [-0.1, -0.05) is 6.42 Å². The van der Waals surface area contributed by atoms with Crippen LogP contribution in [0.15, 0.2) is 15.9 Å². The Morgan fingerprint density at radius 2 is 2.08 bits per heavy atom. The van der Waals surface area contributed by atoms with E-state index in [-0.39, 0.29) is 29.7 Å². The van der Waals surface area contributed by atoms with Gasteiger partial charge in [0, 0.05) is 20.1 Å². The number of hydrogen-bond acceptors (Lipinski definition) is 5. The number of aryl methyl sites for hydroxylation is 1. The average Bonchev–Trinajstić information content (AvgIpc) is 3.17. The maximum atomic E-state index is 12.3. The van der Waals surface area contributed by atoms with Gasteiger partial charge in [0.25, 0.3) is 5.56 Å². The molecule has 2 aromatic rings. The second-order valence-electron chi connectivity index (χ2n) is 6.35. The standard InChI is InChI=1S/C15H22N6O3/c1-19-13-12(14(23)20(2)15(19)24)21(8-17-13)7-11(22)18-10-5-3-4-9(10)6-16/h8-10H,3-7,16H2,1-2H3,(H,18,22). The first kappa shape index (κ1) is 16.4. The van der Waals surface area contributed by atoms with Crippen LogP contribution in [0.4, 0.5) is 0 Å². The number of nitrogens with one attached hydrogen (secondary N) is 1. The van der Waals surface area contributed by atoms with Crippen molar-refractivity contribution < 1.29 is 4.79 Å². The number of aromatic nitrogens is 4. The first-order valence-corrected chi connectivity index (χ1v) is 8.04. The van der Waals surface area contributed by atoms with Crippen LogP contribution in [0.3, 0.4) is 0 Å². The summed E-state index contributed by atoms with van der Waals surface area (Å²) in [7, 11) is 2.96. The van der Waals surface area contributed by atoms with Gasteiger partial charge < -0.3 is 15.6 Å². The number of imidazole rings is 1. The normalized spacial score (nSPS) is 20.6. The minimum atomic E-state index is -0.459. The molecule has 1 amide bonds. The van der Waals surface area contributed by atoms with Gasteiger partial charge >= 0.3 is 5.69 Å². The van der Waals surface area contributed by atoms with Gasteiger partial charge in [-0.15, -0.1) is 0 Å². The van der Waals surface area contributed by atoms with Crippen LogP contribution in [0, 0.1) is 5.92 Å². The van der Waals surface area contributed by atoms with Crippen molar-refractivity contribution in [3.8, 4) is 0 Å². The summed E-state index contributed by atoms with van der Waals surface area (Å²) in [4.78, 5) is 40.7. The van der Waals surface area contributed by atoms with Crippen molar-refractivity contribution in [2.45, 2.75) is 31.8 Å². The van der Waals surface area contributed by atoms with Gasteiger partial charge in [0.15, 0.2) is 11.2 Å². The summed E-state index contributed by atoms with van der Waals surface area (Å²) in [5.41, 5.74) is 5.35. The van der Waals surface area contributed by atoms with Gasteiger partial charge in [0.2, 0.25) is 5.91 Å². The van der Waals surface area contributed by atoms with Gasteiger partial charge in [-0.2, -0.15) is 0 Å². The molecule has 0 spiro atoms. The van der Waals surface area contributed by atoms with Crippen LogP contribution in [-0.4, -0.2) is 37.2 Å². The molecule has 2 aromatic heterocycles. The Morgan fingerprint density at radius 1 is 1.33 bits per heavy atom. The summed E-state index contributed by atoms with van der Waals surface area (Å²) >= 11 is 0. The lowest BCUT2D eigenvalue weighted by Gasteiger charge is -2.19. The summed E-state index contributed by atoms with van der Waals surface area (Å²) < 4.78 is 3.80. The van der Waals surface area contributed by atoms with Crippen LogP contribution in [0.1, 0.15) is 19.3 Å². The highest BCUT2D eigenvalue weighted by molar-refractivity contribution is 5.79. The molecule has 2 atom stereocenters. The van der Waals surface area contributed by atoms with Crippen LogP contribution in [0.2, 0.25) is 0 Å². The average molecular weight is 334 g/mol. The molecule has 24 heavy (non-hydrogen) atoms. The van der Waals surface area contributed by atoms with Crippen molar-refractivity contribution in [1.29, 1.82) is 0 Å². The van der Waals surface area contributed by atoms with E-state index in [2.05, 4.69) is 10.3 Å². The molecule has 0 aliphatic heterocycles. The second-order valence-corrected chi connectivity index (χ2v) is 6.35. The first-order chi connectivity index (χ1) is 11.4. The van der Waals surface area contributed by atoms with E-state index in [1.807, 2.05) is 0 Å². The maximum Gasteiger partial charge on any atom is 0.332 e. The van der Waals surface area contributed by atoms with Crippen molar-refractivity contribution in [3.63, 3.8) is 0 Å². The van der Waals surface area contributed by atoms with Crippen LogP contribution in [0.5, 0.6) is 0 Å². The van der Waals surface area contributed by atoms with Gasteiger partial charge in [0.1, 0.15) is 6.54 Å². The molecular formula is C15H22N6O3. The number of hydrogen-bond donors (Lipinski definition) is 2. The summed E-state index contributed by atoms with van der Waals surface area (Å²) in [5, 5.41) is 3.00. The number of fused-ring (bicyclic) bond motifs is 1. The summed E-state index contributed by atoms with van der Waals surface area (Å²) in [6, 6.07) is 0.0875. The van der Waals surface area contributed by atoms with E-state index in [0.717, 1.165) is 23.8 Å². The molecule has 0 bridgehead atoms. The Kier molecular flexibility index (Phi) is 4.27. The Morgan fingerprint density at radius 3 is 2.79 bits per heavy atom. The van der Waals surface area contributed by atoms with E-state index >= 15 is 0 Å². The number of carbonyl (C=O) groups is 1. The third-order valence-corrected chi connectivity index (χ3v) is 4.84. The minimum Gasteiger partial charge on any atom is -0.351 e. The predicted molar refractivity (Wildman–Crippen MR) is 88.5 cm³/mol. The van der Waals surface area contributed by atoms with Crippen LogP contribution >= 0.6 is 0 Å². The van der Waals surface area contributed by atoms with E-state index in [0.29, 0.717) is 12.5 Å². The summed E-state index contributed by atoms with van der Waals surface area (Å²) in [6.45, 7) is 0.541. The molecule has 9 heteroatoms. The zero-order valence-corrected chi connectivity index (χ0v) is 13.9. The van der Waals surface area contributed by atoms with Gasteiger partial charge in [-0.25, -0.2) is 9.78 Å². The molecule has 0 radical (unpaired) electrons. The van der Waals surface area contributed by atoms with Crippen LogP contribution < -0.4 is 22.3 Å². The fraction of sp³-hybridized carbons (Fsp3) is 0.600. The van der Waals surface area contributed by atoms with Gasteiger partial charge in [0.05, 0.1) is 6.33 Å². The number of amides is 1. The molecule has 0 saturated heterocycles. The van der Waals surface area contributed by atoms with Crippen molar-refractivity contribution in [2.24, 2.45) is 25.7 Å². The first-order valence-electron chi connectivity index (χ1n) is 8.04. The lowest BCUT2D eigenvalue weighted by atomic mass is 10.0. The SMILES string of the molecule is Cn1c(=O)c2c(ncn2CC(=O)NC2CCCC2CN)n(C)c1=O. The van der Waals surface area contributed by atoms with E-state index in [1.165, 1.54) is 22.5 Å². The van der Waals surface area contributed by atoms with Crippen molar-refractivity contribution in [2.75, 3.05) is 6.54 Å². The number of rotatable bonds is 4. The number of nitrogens with two attached hydrogens (primary N) is 1. The molecule has 3 N–H and O–H groups in total. The van der Waals surface area contributed by atoms with Crippen LogP contribution in [-0.2, 0) is 25.4 Å². The maximum absolute atomic E-state index is 12.3. The molecule has 1 fully saturated rings. The quantitative estimate of drug-likeness (QED) is 0.719. The molecule has 2 heterocycles. The monoisotopic (exact) mass is 334 g/mol. The Labute approximate surface area is 138 Å². The van der Waals surface area contributed by atoms with E-state index < -0.39 is 11.2 Å². The zero-order valence-electron chi connectivity index (χ0n) is 13.9. The largest absolute Gasteiger partial charge is 0.351 e. The Bertz CT molecular complexity index is 893. The van der Waals surface area contributed by atoms with Gasteiger partial charge in [-0.05, 0) is 25.3 Å². The van der Waals surface area contributed by atoms with E-state index in [1.54, 1.807) is 7.05 Å². The van der Waals surface area contributed by atoms with E-state index in [4.69, 9.17) is 5.73 Å². The molecule has 0 aromatic carbocycles. The Balaban J connectivity index is 1.87. The second kappa shape index (κ2) is 6.23. The number of carbonyl (C=O) groups excluding carboxylic acids is 1. The molecule has 2 unspecified atom stereocenters.